The fourth-order valence-electron chi connectivity index (χ4n) is 5.08. The molecule has 31 heavy (non-hydrogen) atoms. The maximum atomic E-state index is 14.6. The lowest BCUT2D eigenvalue weighted by Gasteiger charge is -2.43. The van der Waals surface area contributed by atoms with Crippen LogP contribution in [-0.4, -0.2) is 35.6 Å². The van der Waals surface area contributed by atoms with Gasteiger partial charge in [-0.1, -0.05) is 30.3 Å². The first-order valence-electron chi connectivity index (χ1n) is 10.5. The average Bonchev–Trinajstić information content (AvgIpc) is 2.79. The Morgan fingerprint density at radius 1 is 0.968 bits per heavy atom. The number of ether oxygens (including phenoxy) is 1. The van der Waals surface area contributed by atoms with Crippen molar-refractivity contribution in [2.24, 2.45) is 5.92 Å². The van der Waals surface area contributed by atoms with E-state index < -0.39 is 0 Å². The van der Waals surface area contributed by atoms with Crippen molar-refractivity contribution >= 4 is 5.91 Å². The molecule has 1 saturated heterocycles. The van der Waals surface area contributed by atoms with Gasteiger partial charge in [-0.05, 0) is 36.6 Å². The maximum absolute atomic E-state index is 14.6. The van der Waals surface area contributed by atoms with Crippen LogP contribution in [0.4, 0.5) is 4.39 Å². The van der Waals surface area contributed by atoms with Gasteiger partial charge in [0.05, 0.1) is 12.7 Å². The molecule has 0 N–H and O–H groups in total. The smallest absolute Gasteiger partial charge is 0.257 e. The summed E-state index contributed by atoms with van der Waals surface area (Å²) in [5, 5.41) is 0. The first-order chi connectivity index (χ1) is 15.1. The average molecular weight is 418 g/mol. The van der Waals surface area contributed by atoms with Gasteiger partial charge in [0.15, 0.2) is 0 Å². The summed E-state index contributed by atoms with van der Waals surface area (Å²) in [7, 11) is 1.56. The lowest BCUT2D eigenvalue weighted by atomic mass is 9.80. The number of methoxy groups -OCH3 is 1. The Bertz CT molecular complexity index is 1220. The van der Waals surface area contributed by atoms with Crippen LogP contribution in [0.2, 0.25) is 0 Å². The number of halogens is 1. The Morgan fingerprint density at radius 3 is 2.55 bits per heavy atom. The minimum Gasteiger partial charge on any atom is -0.496 e. The number of hydrogen-bond acceptors (Lipinski definition) is 3. The van der Waals surface area contributed by atoms with Crippen molar-refractivity contribution < 1.29 is 13.9 Å². The van der Waals surface area contributed by atoms with Crippen molar-refractivity contribution in [1.82, 2.24) is 9.47 Å². The Kier molecular flexibility index (Phi) is 4.85. The minimum atomic E-state index is -0.316. The lowest BCUT2D eigenvalue weighted by molar-refractivity contribution is 0.0592. The second kappa shape index (κ2) is 7.69. The fourth-order valence-corrected chi connectivity index (χ4v) is 5.08. The molecule has 3 heterocycles. The highest BCUT2D eigenvalue weighted by Crippen LogP contribution is 2.41. The summed E-state index contributed by atoms with van der Waals surface area (Å²) in [5.74, 6) is 0.301. The third-order valence-corrected chi connectivity index (χ3v) is 6.38. The third kappa shape index (κ3) is 3.32. The fraction of sp³-hybridized carbons (Fsp3) is 0.280. The Morgan fingerprint density at radius 2 is 1.74 bits per heavy atom. The highest BCUT2D eigenvalue weighted by molar-refractivity contribution is 5.97. The third-order valence-electron chi connectivity index (χ3n) is 6.38. The predicted molar refractivity (Wildman–Crippen MR) is 116 cm³/mol. The number of rotatable bonds is 3. The zero-order valence-corrected chi connectivity index (χ0v) is 17.3. The van der Waals surface area contributed by atoms with Crippen molar-refractivity contribution in [3.05, 3.63) is 88.1 Å². The molecule has 0 spiro atoms. The van der Waals surface area contributed by atoms with Crippen LogP contribution < -0.4 is 10.3 Å². The van der Waals surface area contributed by atoms with Crippen LogP contribution in [-0.2, 0) is 6.54 Å². The van der Waals surface area contributed by atoms with Gasteiger partial charge in [0.25, 0.3) is 11.5 Å². The number of likely N-dealkylation sites (tertiary alicyclic amines) is 1. The molecule has 2 atom stereocenters. The van der Waals surface area contributed by atoms with Gasteiger partial charge in [0, 0.05) is 48.4 Å². The van der Waals surface area contributed by atoms with Gasteiger partial charge >= 0.3 is 0 Å². The highest BCUT2D eigenvalue weighted by atomic mass is 19.1. The molecule has 5 rings (SSSR count). The van der Waals surface area contributed by atoms with Gasteiger partial charge < -0.3 is 14.2 Å². The Balaban J connectivity index is 1.56. The largest absolute Gasteiger partial charge is 0.496 e. The van der Waals surface area contributed by atoms with Crippen molar-refractivity contribution in [3.63, 3.8) is 0 Å². The summed E-state index contributed by atoms with van der Waals surface area (Å²) in [6, 6.07) is 17.1. The molecule has 0 radical (unpaired) electrons. The number of nitrogens with zero attached hydrogens (tertiary/aromatic N) is 2. The van der Waals surface area contributed by atoms with E-state index in [0.29, 0.717) is 36.5 Å². The molecule has 2 aliphatic rings. The van der Waals surface area contributed by atoms with Crippen LogP contribution in [0.25, 0.3) is 11.1 Å². The summed E-state index contributed by atoms with van der Waals surface area (Å²) < 4.78 is 21.8. The van der Waals surface area contributed by atoms with E-state index in [-0.39, 0.29) is 29.1 Å². The summed E-state index contributed by atoms with van der Waals surface area (Å²) in [5.41, 5.74) is 2.50. The number of benzene rings is 2. The Hall–Kier alpha value is -3.41. The van der Waals surface area contributed by atoms with Crippen LogP contribution in [0.15, 0.2) is 65.5 Å². The lowest BCUT2D eigenvalue weighted by Crippen LogP contribution is -2.49. The molecule has 2 bridgehead atoms. The number of amides is 1. The van der Waals surface area contributed by atoms with Gasteiger partial charge in [0.1, 0.15) is 11.6 Å². The number of pyridine rings is 1. The molecule has 0 unspecified atom stereocenters. The van der Waals surface area contributed by atoms with Gasteiger partial charge in [0.2, 0.25) is 0 Å². The molecule has 0 aliphatic carbocycles. The Labute approximate surface area is 179 Å². The number of para-hydroxylation sites is 1. The number of carbonyl (C=O) groups excluding carboxylic acids is 1. The molecule has 158 valence electrons. The molecule has 5 nitrogen and oxygen atoms in total. The standard InChI is InChI=1S/C25H23FN2O3/c1-31-22-9-5-3-7-20(22)25(30)27-13-16-12-17(15-27)24-19(10-11-23(29)28(24)14-16)18-6-2-4-8-21(18)26/h2-11,16-17H,12-15H2,1H3/t16-,17-/m1/s1. The van der Waals surface area contributed by atoms with Crippen molar-refractivity contribution in [1.29, 1.82) is 0 Å². The van der Waals surface area contributed by atoms with E-state index >= 15 is 0 Å². The van der Waals surface area contributed by atoms with E-state index in [0.717, 1.165) is 17.7 Å². The summed E-state index contributed by atoms with van der Waals surface area (Å²) in [6.07, 6.45) is 0.876. The number of aromatic nitrogens is 1. The van der Waals surface area contributed by atoms with Crippen molar-refractivity contribution in [2.45, 2.75) is 18.9 Å². The molecule has 2 aromatic carbocycles. The van der Waals surface area contributed by atoms with E-state index in [2.05, 4.69) is 0 Å². The summed E-state index contributed by atoms with van der Waals surface area (Å²) in [4.78, 5) is 27.8. The molecule has 2 aliphatic heterocycles. The number of hydrogen-bond donors (Lipinski definition) is 0. The van der Waals surface area contributed by atoms with E-state index in [4.69, 9.17) is 4.74 Å². The van der Waals surface area contributed by atoms with Crippen molar-refractivity contribution in [2.75, 3.05) is 20.2 Å². The molecule has 1 fully saturated rings. The normalized spacial score (nSPS) is 19.6. The zero-order valence-electron chi connectivity index (χ0n) is 17.3. The van der Waals surface area contributed by atoms with Gasteiger partial charge in [-0.25, -0.2) is 4.39 Å². The first-order valence-corrected chi connectivity index (χ1v) is 10.5. The van der Waals surface area contributed by atoms with Gasteiger partial charge in [-0.3, -0.25) is 9.59 Å². The van der Waals surface area contributed by atoms with Crippen LogP contribution in [0.1, 0.15) is 28.4 Å². The van der Waals surface area contributed by atoms with E-state index in [1.54, 1.807) is 48.1 Å². The molecule has 3 aromatic rings. The topological polar surface area (TPSA) is 51.5 Å². The second-order valence-electron chi connectivity index (χ2n) is 8.27. The van der Waals surface area contributed by atoms with Crippen molar-refractivity contribution in [3.8, 4) is 16.9 Å². The molecular weight excluding hydrogens is 395 g/mol. The predicted octanol–water partition coefficient (Wildman–Crippen LogP) is 3.92. The highest BCUT2D eigenvalue weighted by Gasteiger charge is 2.38. The maximum Gasteiger partial charge on any atom is 0.257 e. The van der Waals surface area contributed by atoms with Gasteiger partial charge in [-0.15, -0.1) is 0 Å². The molecule has 0 saturated carbocycles. The quantitative estimate of drug-likeness (QED) is 0.648. The summed E-state index contributed by atoms with van der Waals surface area (Å²) in [6.45, 7) is 1.60. The molecule has 1 amide bonds. The second-order valence-corrected chi connectivity index (χ2v) is 8.27. The number of carbonyl (C=O) groups is 1. The zero-order chi connectivity index (χ0) is 21.5. The number of fused-ring (bicyclic) bond motifs is 4. The minimum absolute atomic E-state index is 0.0327. The van der Waals surface area contributed by atoms with E-state index in [1.807, 2.05) is 17.0 Å². The van der Waals surface area contributed by atoms with Crippen LogP contribution in [0.5, 0.6) is 5.75 Å². The van der Waals surface area contributed by atoms with E-state index in [9.17, 15) is 14.0 Å². The molecule has 1 aromatic heterocycles. The molecule has 6 heteroatoms. The monoisotopic (exact) mass is 418 g/mol. The van der Waals surface area contributed by atoms with Gasteiger partial charge in [-0.2, -0.15) is 0 Å². The van der Waals surface area contributed by atoms with Crippen LogP contribution in [0, 0.1) is 11.7 Å². The number of piperidine rings is 1. The SMILES string of the molecule is COc1ccccc1C(=O)N1C[C@H]2C[C@H](C1)c1c(-c3ccccc3F)ccc(=O)n1C2. The van der Waals surface area contributed by atoms with Crippen LogP contribution in [0.3, 0.4) is 0 Å². The van der Waals surface area contributed by atoms with E-state index in [1.165, 1.54) is 12.1 Å². The summed E-state index contributed by atoms with van der Waals surface area (Å²) >= 11 is 0. The first kappa shape index (κ1) is 19.5. The van der Waals surface area contributed by atoms with Crippen LogP contribution >= 0.6 is 0 Å². The molecular formula is C25H23FN2O3.